The fraction of sp³-hybridized carbons (Fsp3) is 0.462. The van der Waals surface area contributed by atoms with Crippen LogP contribution in [0.2, 0.25) is 0 Å². The molecule has 88 valence electrons. The third-order valence-electron chi connectivity index (χ3n) is 2.78. The van der Waals surface area contributed by atoms with E-state index in [1.54, 1.807) is 20.8 Å². The molecule has 0 aromatic heterocycles. The van der Waals surface area contributed by atoms with Crippen molar-refractivity contribution in [1.82, 2.24) is 0 Å². The van der Waals surface area contributed by atoms with Gasteiger partial charge in [0.05, 0.1) is 11.5 Å². The number of esters is 1. The minimum Gasteiger partial charge on any atom is -0.460 e. The molecule has 0 aliphatic rings. The van der Waals surface area contributed by atoms with Crippen molar-refractivity contribution in [2.45, 2.75) is 33.5 Å². The first-order valence-corrected chi connectivity index (χ1v) is 5.34. The van der Waals surface area contributed by atoms with Gasteiger partial charge < -0.3 is 9.84 Å². The number of aliphatic hydroxyl groups excluding tert-OH is 1. The molecule has 1 aromatic rings. The molecule has 3 heteroatoms. The molecule has 0 amide bonds. The highest BCUT2D eigenvalue weighted by Crippen LogP contribution is 2.22. The highest BCUT2D eigenvalue weighted by atomic mass is 16.5. The molecule has 0 bridgehead atoms. The molecule has 1 atom stereocenters. The molecule has 0 saturated heterocycles. The van der Waals surface area contributed by atoms with Crippen LogP contribution in [0, 0.1) is 5.41 Å². The lowest BCUT2D eigenvalue weighted by molar-refractivity contribution is -0.161. The van der Waals surface area contributed by atoms with Gasteiger partial charge in [-0.05, 0) is 26.3 Å². The molecule has 16 heavy (non-hydrogen) atoms. The zero-order chi connectivity index (χ0) is 12.2. The molecule has 0 spiro atoms. The van der Waals surface area contributed by atoms with E-state index in [4.69, 9.17) is 4.74 Å². The monoisotopic (exact) mass is 222 g/mol. The molecular formula is C13H18O3. The van der Waals surface area contributed by atoms with Crippen LogP contribution in [0.25, 0.3) is 0 Å². The quantitative estimate of drug-likeness (QED) is 0.794. The molecule has 0 fully saturated rings. The average molecular weight is 222 g/mol. The summed E-state index contributed by atoms with van der Waals surface area (Å²) < 4.78 is 5.16. The summed E-state index contributed by atoms with van der Waals surface area (Å²) in [6, 6.07) is 9.47. The lowest BCUT2D eigenvalue weighted by Gasteiger charge is -2.25. The second-order valence-electron chi connectivity index (χ2n) is 4.46. The summed E-state index contributed by atoms with van der Waals surface area (Å²) in [4.78, 5) is 11.7. The van der Waals surface area contributed by atoms with Gasteiger partial charge in [0, 0.05) is 0 Å². The van der Waals surface area contributed by atoms with Crippen molar-refractivity contribution < 1.29 is 14.6 Å². The second kappa shape index (κ2) is 5.12. The van der Waals surface area contributed by atoms with Gasteiger partial charge in [-0.1, -0.05) is 30.3 Å². The molecular weight excluding hydrogens is 204 g/mol. The Morgan fingerprint density at radius 3 is 2.44 bits per heavy atom. The maximum Gasteiger partial charge on any atom is 0.314 e. The largest absolute Gasteiger partial charge is 0.460 e. The van der Waals surface area contributed by atoms with Crippen molar-refractivity contribution in [3.05, 3.63) is 35.9 Å². The number of hydrogen-bond acceptors (Lipinski definition) is 3. The lowest BCUT2D eigenvalue weighted by Crippen LogP contribution is -2.36. The number of carbonyl (C=O) groups is 1. The second-order valence-corrected chi connectivity index (χ2v) is 4.46. The van der Waals surface area contributed by atoms with Crippen molar-refractivity contribution in [1.29, 1.82) is 0 Å². The Balaban J connectivity index is 2.54. The van der Waals surface area contributed by atoms with Gasteiger partial charge in [0.2, 0.25) is 0 Å². The summed E-state index contributed by atoms with van der Waals surface area (Å²) in [5, 5.41) is 9.45. The summed E-state index contributed by atoms with van der Waals surface area (Å²) in [7, 11) is 0. The number of benzene rings is 1. The van der Waals surface area contributed by atoms with Crippen LogP contribution >= 0.6 is 0 Å². The van der Waals surface area contributed by atoms with E-state index in [9.17, 15) is 9.90 Å². The van der Waals surface area contributed by atoms with Crippen LogP contribution in [0.1, 0.15) is 26.3 Å². The van der Waals surface area contributed by atoms with Gasteiger partial charge in [-0.25, -0.2) is 0 Å². The molecule has 0 heterocycles. The van der Waals surface area contributed by atoms with Crippen molar-refractivity contribution >= 4 is 5.97 Å². The SMILES string of the molecule is CC(O)C(C)(C)C(=O)OCc1ccccc1. The lowest BCUT2D eigenvalue weighted by atomic mass is 9.88. The average Bonchev–Trinajstić information content (AvgIpc) is 2.27. The van der Waals surface area contributed by atoms with E-state index in [-0.39, 0.29) is 12.6 Å². The summed E-state index contributed by atoms with van der Waals surface area (Å²) in [5.74, 6) is -0.383. The van der Waals surface area contributed by atoms with Crippen LogP contribution in [0.15, 0.2) is 30.3 Å². The minimum atomic E-state index is -0.866. The van der Waals surface area contributed by atoms with Gasteiger partial charge in [-0.15, -0.1) is 0 Å². The highest BCUT2D eigenvalue weighted by Gasteiger charge is 2.34. The number of rotatable bonds is 4. The Hall–Kier alpha value is -1.35. The summed E-state index contributed by atoms with van der Waals surface area (Å²) >= 11 is 0. The van der Waals surface area contributed by atoms with Crippen molar-refractivity contribution in [3.63, 3.8) is 0 Å². The van der Waals surface area contributed by atoms with Gasteiger partial charge >= 0.3 is 5.97 Å². The van der Waals surface area contributed by atoms with E-state index in [1.807, 2.05) is 30.3 Å². The van der Waals surface area contributed by atoms with Crippen molar-refractivity contribution in [2.24, 2.45) is 5.41 Å². The van der Waals surface area contributed by atoms with Crippen molar-refractivity contribution in [3.8, 4) is 0 Å². The van der Waals surface area contributed by atoms with Crippen LogP contribution in [-0.2, 0) is 16.1 Å². The number of hydrogen-bond donors (Lipinski definition) is 1. The fourth-order valence-corrected chi connectivity index (χ4v) is 1.08. The third-order valence-corrected chi connectivity index (χ3v) is 2.78. The van der Waals surface area contributed by atoms with Crippen LogP contribution in [-0.4, -0.2) is 17.2 Å². The molecule has 1 N–H and O–H groups in total. The number of aliphatic hydroxyl groups is 1. The van der Waals surface area contributed by atoms with Crippen LogP contribution in [0.5, 0.6) is 0 Å². The van der Waals surface area contributed by atoms with Crippen LogP contribution in [0.4, 0.5) is 0 Å². The minimum absolute atomic E-state index is 0.246. The van der Waals surface area contributed by atoms with E-state index in [1.165, 1.54) is 0 Å². The van der Waals surface area contributed by atoms with E-state index < -0.39 is 11.5 Å². The Labute approximate surface area is 96.1 Å². The Kier molecular flexibility index (Phi) is 4.07. The van der Waals surface area contributed by atoms with Gasteiger partial charge in [0.15, 0.2) is 0 Å². The Morgan fingerprint density at radius 2 is 1.94 bits per heavy atom. The Morgan fingerprint density at radius 1 is 1.38 bits per heavy atom. The van der Waals surface area contributed by atoms with Gasteiger partial charge in [0.1, 0.15) is 6.61 Å². The zero-order valence-corrected chi connectivity index (χ0v) is 9.93. The molecule has 0 saturated carbocycles. The Bertz CT molecular complexity index is 341. The van der Waals surface area contributed by atoms with Crippen LogP contribution < -0.4 is 0 Å². The van der Waals surface area contributed by atoms with Gasteiger partial charge in [-0.2, -0.15) is 0 Å². The molecule has 1 unspecified atom stereocenters. The first-order chi connectivity index (χ1) is 7.44. The number of ether oxygens (including phenoxy) is 1. The topological polar surface area (TPSA) is 46.5 Å². The van der Waals surface area contributed by atoms with Gasteiger partial charge in [0.25, 0.3) is 0 Å². The van der Waals surface area contributed by atoms with E-state index in [2.05, 4.69) is 0 Å². The summed E-state index contributed by atoms with van der Waals surface area (Å²) in [6.07, 6.45) is -0.726. The van der Waals surface area contributed by atoms with E-state index in [0.29, 0.717) is 0 Å². The molecule has 0 aliphatic heterocycles. The standard InChI is InChI=1S/C13H18O3/c1-10(14)13(2,3)12(15)16-9-11-7-5-4-6-8-11/h4-8,10,14H,9H2,1-3H3. The summed E-state index contributed by atoms with van der Waals surface area (Å²) in [6.45, 7) is 5.18. The predicted molar refractivity (Wildman–Crippen MR) is 61.7 cm³/mol. The van der Waals surface area contributed by atoms with Gasteiger partial charge in [-0.3, -0.25) is 4.79 Å². The molecule has 1 rings (SSSR count). The first kappa shape index (κ1) is 12.7. The van der Waals surface area contributed by atoms with E-state index >= 15 is 0 Å². The summed E-state index contributed by atoms with van der Waals surface area (Å²) in [5.41, 5.74) is 0.0756. The molecule has 0 aliphatic carbocycles. The third kappa shape index (κ3) is 3.07. The molecule has 3 nitrogen and oxygen atoms in total. The molecule has 0 radical (unpaired) electrons. The normalized spacial score (nSPS) is 13.2. The van der Waals surface area contributed by atoms with Crippen molar-refractivity contribution in [2.75, 3.05) is 0 Å². The van der Waals surface area contributed by atoms with E-state index in [0.717, 1.165) is 5.56 Å². The molecule has 1 aromatic carbocycles. The number of carbonyl (C=O) groups excluding carboxylic acids is 1. The van der Waals surface area contributed by atoms with Crippen LogP contribution in [0.3, 0.4) is 0 Å². The predicted octanol–water partition coefficient (Wildman–Crippen LogP) is 2.14. The fourth-order valence-electron chi connectivity index (χ4n) is 1.08. The highest BCUT2D eigenvalue weighted by molar-refractivity contribution is 5.76. The first-order valence-electron chi connectivity index (χ1n) is 5.34. The maximum atomic E-state index is 11.7. The smallest absolute Gasteiger partial charge is 0.314 e. The maximum absolute atomic E-state index is 11.7. The zero-order valence-electron chi connectivity index (χ0n) is 9.93.